The van der Waals surface area contributed by atoms with E-state index in [0.29, 0.717) is 6.04 Å². The van der Waals surface area contributed by atoms with Crippen LogP contribution >= 0.6 is 12.2 Å². The van der Waals surface area contributed by atoms with Gasteiger partial charge in [0.25, 0.3) is 0 Å². The highest BCUT2D eigenvalue weighted by molar-refractivity contribution is 7.80. The van der Waals surface area contributed by atoms with Gasteiger partial charge in [0.2, 0.25) is 0 Å². The molecular weight excluding hydrogens is 252 g/mol. The summed E-state index contributed by atoms with van der Waals surface area (Å²) in [6, 6.07) is 11.2. The Morgan fingerprint density at radius 3 is 2.58 bits per heavy atom. The third-order valence-corrected chi connectivity index (χ3v) is 4.41. The summed E-state index contributed by atoms with van der Waals surface area (Å²) in [4.78, 5) is 2.26. The number of benzene rings is 1. The van der Waals surface area contributed by atoms with E-state index in [1.54, 1.807) is 0 Å². The van der Waals surface area contributed by atoms with E-state index < -0.39 is 0 Å². The Kier molecular flexibility index (Phi) is 5.64. The molecule has 0 aliphatic heterocycles. The highest BCUT2D eigenvalue weighted by atomic mass is 32.1. The van der Waals surface area contributed by atoms with Gasteiger partial charge < -0.3 is 10.2 Å². The maximum absolute atomic E-state index is 5.49. The first kappa shape index (κ1) is 14.3. The number of nitrogens with zero attached hydrogens (tertiary/aromatic N) is 1. The van der Waals surface area contributed by atoms with Crippen molar-refractivity contribution >= 4 is 17.3 Å². The Balaban J connectivity index is 1.71. The summed E-state index contributed by atoms with van der Waals surface area (Å²) in [6.07, 6.45) is 7.69. The summed E-state index contributed by atoms with van der Waals surface area (Å²) in [5.74, 6) is 0. The van der Waals surface area contributed by atoms with Crippen molar-refractivity contribution in [2.24, 2.45) is 0 Å². The van der Waals surface area contributed by atoms with Crippen LogP contribution in [0.5, 0.6) is 0 Å². The molecule has 1 aliphatic rings. The molecule has 2 rings (SSSR count). The molecule has 0 heterocycles. The molecule has 0 bridgehead atoms. The number of hydrogen-bond acceptors (Lipinski definition) is 1. The lowest BCUT2D eigenvalue weighted by Gasteiger charge is -2.33. The van der Waals surface area contributed by atoms with Crippen LogP contribution in [0, 0.1) is 0 Å². The Hall–Kier alpha value is -1.09. The quantitative estimate of drug-likeness (QED) is 0.849. The largest absolute Gasteiger partial charge is 0.362 e. The molecule has 0 radical (unpaired) electrons. The molecule has 1 N–H and O–H groups in total. The molecule has 0 amide bonds. The zero-order valence-electron chi connectivity index (χ0n) is 11.8. The summed E-state index contributed by atoms with van der Waals surface area (Å²) in [6.45, 7) is 0.917. The molecule has 0 unspecified atom stereocenters. The zero-order chi connectivity index (χ0) is 13.5. The maximum atomic E-state index is 5.49. The van der Waals surface area contributed by atoms with Gasteiger partial charge in [0, 0.05) is 19.6 Å². The average Bonchev–Trinajstić information content (AvgIpc) is 2.48. The Morgan fingerprint density at radius 1 is 1.21 bits per heavy atom. The summed E-state index contributed by atoms with van der Waals surface area (Å²) >= 11 is 5.49. The van der Waals surface area contributed by atoms with Crippen molar-refractivity contribution in [3.8, 4) is 0 Å². The number of nitrogens with one attached hydrogen (secondary N) is 1. The predicted molar refractivity (Wildman–Crippen MR) is 85.4 cm³/mol. The van der Waals surface area contributed by atoms with Crippen molar-refractivity contribution in [3.05, 3.63) is 35.9 Å². The zero-order valence-corrected chi connectivity index (χ0v) is 12.6. The third kappa shape index (κ3) is 4.50. The van der Waals surface area contributed by atoms with Gasteiger partial charge in [-0.1, -0.05) is 49.6 Å². The fourth-order valence-electron chi connectivity index (χ4n) is 2.72. The van der Waals surface area contributed by atoms with Gasteiger partial charge in [0.15, 0.2) is 5.11 Å². The normalized spacial score (nSPS) is 16.1. The van der Waals surface area contributed by atoms with Gasteiger partial charge in [-0.15, -0.1) is 0 Å². The average molecular weight is 276 g/mol. The van der Waals surface area contributed by atoms with Crippen molar-refractivity contribution in [3.63, 3.8) is 0 Å². The maximum Gasteiger partial charge on any atom is 0.168 e. The lowest BCUT2D eigenvalue weighted by atomic mass is 9.95. The highest BCUT2D eigenvalue weighted by Gasteiger charge is 2.19. The molecule has 1 aromatic carbocycles. The Bertz CT molecular complexity index is 385. The van der Waals surface area contributed by atoms with Gasteiger partial charge in [0.05, 0.1) is 0 Å². The first-order valence-electron chi connectivity index (χ1n) is 7.32. The molecule has 0 atom stereocenters. The van der Waals surface area contributed by atoms with E-state index in [0.717, 1.165) is 18.1 Å². The van der Waals surface area contributed by atoms with Crippen LogP contribution in [0.2, 0.25) is 0 Å². The standard InChI is InChI=1S/C16H24N2S/c1-18(15-10-6-3-7-11-15)16(19)17-13-12-14-8-4-2-5-9-14/h2,4-5,8-9,15H,3,6-7,10-13H2,1H3,(H,17,19). The van der Waals surface area contributed by atoms with Crippen LogP contribution in [0.4, 0.5) is 0 Å². The van der Waals surface area contributed by atoms with Crippen LogP contribution in [0.15, 0.2) is 30.3 Å². The van der Waals surface area contributed by atoms with Gasteiger partial charge in [-0.25, -0.2) is 0 Å². The molecule has 1 aromatic rings. The van der Waals surface area contributed by atoms with E-state index in [4.69, 9.17) is 12.2 Å². The van der Waals surface area contributed by atoms with E-state index in [1.165, 1.54) is 37.7 Å². The van der Waals surface area contributed by atoms with E-state index in [9.17, 15) is 0 Å². The molecule has 0 spiro atoms. The number of rotatable bonds is 4. The van der Waals surface area contributed by atoms with Crippen LogP contribution in [-0.2, 0) is 6.42 Å². The molecule has 3 heteroatoms. The summed E-state index contributed by atoms with van der Waals surface area (Å²) < 4.78 is 0. The molecular formula is C16H24N2S. The van der Waals surface area contributed by atoms with Gasteiger partial charge in [0.1, 0.15) is 0 Å². The number of thiocarbonyl (C=S) groups is 1. The van der Waals surface area contributed by atoms with Crippen LogP contribution in [0.25, 0.3) is 0 Å². The van der Waals surface area contributed by atoms with Crippen LogP contribution in [0.1, 0.15) is 37.7 Å². The highest BCUT2D eigenvalue weighted by Crippen LogP contribution is 2.21. The minimum absolute atomic E-state index is 0.644. The van der Waals surface area contributed by atoms with E-state index >= 15 is 0 Å². The third-order valence-electron chi connectivity index (χ3n) is 3.98. The minimum atomic E-state index is 0.644. The van der Waals surface area contributed by atoms with Crippen molar-refractivity contribution in [2.45, 2.75) is 44.6 Å². The molecule has 1 aliphatic carbocycles. The first-order chi connectivity index (χ1) is 9.27. The molecule has 1 saturated carbocycles. The molecule has 104 valence electrons. The lowest BCUT2D eigenvalue weighted by molar-refractivity contribution is 0.276. The van der Waals surface area contributed by atoms with Crippen LogP contribution in [-0.4, -0.2) is 29.6 Å². The summed E-state index contributed by atoms with van der Waals surface area (Å²) in [7, 11) is 2.13. The van der Waals surface area contributed by atoms with Crippen molar-refractivity contribution in [2.75, 3.05) is 13.6 Å². The van der Waals surface area contributed by atoms with Crippen molar-refractivity contribution in [1.82, 2.24) is 10.2 Å². The molecule has 0 aromatic heterocycles. The first-order valence-corrected chi connectivity index (χ1v) is 7.73. The fraction of sp³-hybridized carbons (Fsp3) is 0.562. The van der Waals surface area contributed by atoms with Crippen LogP contribution in [0.3, 0.4) is 0 Å². The van der Waals surface area contributed by atoms with Gasteiger partial charge in [-0.3, -0.25) is 0 Å². The Labute approximate surface area is 122 Å². The molecule has 2 nitrogen and oxygen atoms in total. The van der Waals surface area contributed by atoms with E-state index in [1.807, 2.05) is 0 Å². The second-order valence-corrected chi connectivity index (χ2v) is 5.76. The number of hydrogen-bond donors (Lipinski definition) is 1. The van der Waals surface area contributed by atoms with E-state index in [-0.39, 0.29) is 0 Å². The lowest BCUT2D eigenvalue weighted by Crippen LogP contribution is -2.44. The summed E-state index contributed by atoms with van der Waals surface area (Å²) in [5.41, 5.74) is 1.36. The predicted octanol–water partition coefficient (Wildman–Crippen LogP) is 3.37. The van der Waals surface area contributed by atoms with Gasteiger partial charge in [-0.2, -0.15) is 0 Å². The van der Waals surface area contributed by atoms with Crippen molar-refractivity contribution in [1.29, 1.82) is 0 Å². The van der Waals surface area contributed by atoms with Gasteiger partial charge >= 0.3 is 0 Å². The monoisotopic (exact) mass is 276 g/mol. The molecule has 0 saturated heterocycles. The molecule has 1 fully saturated rings. The Morgan fingerprint density at radius 2 is 1.89 bits per heavy atom. The SMILES string of the molecule is CN(C(=S)NCCc1ccccc1)C1CCCCC1. The minimum Gasteiger partial charge on any atom is -0.362 e. The summed E-state index contributed by atoms with van der Waals surface area (Å²) in [5, 5.41) is 4.29. The second-order valence-electron chi connectivity index (χ2n) is 5.37. The smallest absolute Gasteiger partial charge is 0.168 e. The van der Waals surface area contributed by atoms with E-state index in [2.05, 4.69) is 47.6 Å². The molecule has 19 heavy (non-hydrogen) atoms. The van der Waals surface area contributed by atoms with Gasteiger partial charge in [-0.05, 0) is 37.0 Å². The van der Waals surface area contributed by atoms with Crippen LogP contribution < -0.4 is 5.32 Å². The topological polar surface area (TPSA) is 15.3 Å². The second kappa shape index (κ2) is 7.49. The fourth-order valence-corrected chi connectivity index (χ4v) is 2.97. The van der Waals surface area contributed by atoms with Crippen molar-refractivity contribution < 1.29 is 0 Å².